The van der Waals surface area contributed by atoms with Crippen LogP contribution in [0, 0.1) is 17.1 Å². The number of hydrogen-bond donors (Lipinski definition) is 2. The molecule has 0 aliphatic heterocycles. The molecule has 2 aromatic carbocycles. The van der Waals surface area contributed by atoms with Crippen molar-refractivity contribution >= 4 is 17.3 Å². The van der Waals surface area contributed by atoms with E-state index < -0.39 is 11.7 Å². The highest BCUT2D eigenvalue weighted by molar-refractivity contribution is 6.05. The number of carbonyl (C=O) groups is 1. The van der Waals surface area contributed by atoms with Crippen LogP contribution in [0.4, 0.5) is 15.8 Å². The molecule has 0 aliphatic carbocycles. The highest BCUT2D eigenvalue weighted by Crippen LogP contribution is 2.22. The number of nitrogens with zero attached hydrogens (tertiary/aromatic N) is 1. The molecule has 0 fully saturated rings. The summed E-state index contributed by atoms with van der Waals surface area (Å²) >= 11 is 0. The monoisotopic (exact) mass is 285 g/mol. The number of halogens is 1. The summed E-state index contributed by atoms with van der Waals surface area (Å²) in [5.41, 5.74) is 6.16. The maximum absolute atomic E-state index is 13.5. The molecule has 1 amide bonds. The molecular formula is C15H12FN3O2. The fourth-order valence-electron chi connectivity index (χ4n) is 1.81. The van der Waals surface area contributed by atoms with E-state index >= 15 is 0 Å². The molecular weight excluding hydrogens is 273 g/mol. The van der Waals surface area contributed by atoms with Gasteiger partial charge in [0.2, 0.25) is 0 Å². The summed E-state index contributed by atoms with van der Waals surface area (Å²) in [6.07, 6.45) is 0. The van der Waals surface area contributed by atoms with Gasteiger partial charge in [-0.25, -0.2) is 4.39 Å². The van der Waals surface area contributed by atoms with Crippen molar-refractivity contribution in [3.8, 4) is 11.8 Å². The molecule has 0 bridgehead atoms. The van der Waals surface area contributed by atoms with E-state index in [4.69, 9.17) is 15.7 Å². The third-order valence-corrected chi connectivity index (χ3v) is 2.80. The van der Waals surface area contributed by atoms with Crippen molar-refractivity contribution in [2.24, 2.45) is 0 Å². The molecule has 5 nitrogen and oxygen atoms in total. The normalized spacial score (nSPS) is 9.76. The summed E-state index contributed by atoms with van der Waals surface area (Å²) in [7, 11) is 1.46. The summed E-state index contributed by atoms with van der Waals surface area (Å²) in [6.45, 7) is 0. The third kappa shape index (κ3) is 3.09. The summed E-state index contributed by atoms with van der Waals surface area (Å²) in [4.78, 5) is 12.2. The number of nitrogens with two attached hydrogens (primary N) is 1. The van der Waals surface area contributed by atoms with Crippen LogP contribution in [0.15, 0.2) is 36.4 Å². The van der Waals surface area contributed by atoms with E-state index in [0.717, 1.165) is 6.07 Å². The van der Waals surface area contributed by atoms with Crippen molar-refractivity contribution in [2.45, 2.75) is 0 Å². The lowest BCUT2D eigenvalue weighted by Crippen LogP contribution is -2.14. The zero-order valence-electron chi connectivity index (χ0n) is 11.2. The molecule has 3 N–H and O–H groups in total. The Labute approximate surface area is 120 Å². The number of methoxy groups -OCH3 is 1. The number of carbonyl (C=O) groups excluding carboxylic acids is 1. The van der Waals surface area contributed by atoms with Crippen LogP contribution in [0.5, 0.6) is 5.75 Å². The largest absolute Gasteiger partial charge is 0.497 e. The van der Waals surface area contributed by atoms with E-state index in [1.165, 1.54) is 31.4 Å². The van der Waals surface area contributed by atoms with Crippen molar-refractivity contribution in [1.29, 1.82) is 5.26 Å². The Balaban J connectivity index is 2.33. The van der Waals surface area contributed by atoms with E-state index in [1.54, 1.807) is 12.1 Å². The quantitative estimate of drug-likeness (QED) is 0.848. The van der Waals surface area contributed by atoms with Gasteiger partial charge in [-0.2, -0.15) is 5.26 Å². The van der Waals surface area contributed by atoms with Gasteiger partial charge < -0.3 is 15.8 Å². The second kappa shape index (κ2) is 5.92. The SMILES string of the molecule is COc1cc(N)cc(C(=O)Nc2cccc(F)c2C#N)c1. The lowest BCUT2D eigenvalue weighted by molar-refractivity contribution is 0.102. The Morgan fingerprint density at radius 2 is 2.14 bits per heavy atom. The summed E-state index contributed by atoms with van der Waals surface area (Å²) in [6, 6.07) is 10.2. The predicted molar refractivity (Wildman–Crippen MR) is 76.5 cm³/mol. The molecule has 0 spiro atoms. The lowest BCUT2D eigenvalue weighted by Gasteiger charge is -2.09. The first-order chi connectivity index (χ1) is 10.0. The Bertz CT molecular complexity index is 738. The molecule has 2 rings (SSSR count). The van der Waals surface area contributed by atoms with Crippen LogP contribution in [-0.2, 0) is 0 Å². The first-order valence-electron chi connectivity index (χ1n) is 5.99. The molecule has 0 radical (unpaired) electrons. The van der Waals surface area contributed by atoms with Crippen LogP contribution in [0.2, 0.25) is 0 Å². The maximum Gasteiger partial charge on any atom is 0.255 e. The van der Waals surface area contributed by atoms with E-state index in [-0.39, 0.29) is 16.8 Å². The molecule has 0 aliphatic rings. The Morgan fingerprint density at radius 3 is 2.81 bits per heavy atom. The average Bonchev–Trinajstić information content (AvgIpc) is 2.46. The lowest BCUT2D eigenvalue weighted by atomic mass is 10.1. The number of nitrogens with one attached hydrogen (secondary N) is 1. The van der Waals surface area contributed by atoms with E-state index in [1.807, 2.05) is 0 Å². The highest BCUT2D eigenvalue weighted by Gasteiger charge is 2.13. The topological polar surface area (TPSA) is 88.1 Å². The van der Waals surface area contributed by atoms with Crippen molar-refractivity contribution in [3.05, 3.63) is 53.3 Å². The second-order valence-corrected chi connectivity index (χ2v) is 4.22. The number of nitriles is 1. The Kier molecular flexibility index (Phi) is 4.05. The molecule has 0 atom stereocenters. The second-order valence-electron chi connectivity index (χ2n) is 4.22. The Morgan fingerprint density at radius 1 is 1.38 bits per heavy atom. The molecule has 2 aromatic rings. The van der Waals surface area contributed by atoms with E-state index in [2.05, 4.69) is 5.32 Å². The van der Waals surface area contributed by atoms with Gasteiger partial charge in [0.1, 0.15) is 23.2 Å². The van der Waals surface area contributed by atoms with Gasteiger partial charge >= 0.3 is 0 Å². The number of benzene rings is 2. The van der Waals surface area contributed by atoms with Crippen LogP contribution >= 0.6 is 0 Å². The molecule has 6 heteroatoms. The van der Waals surface area contributed by atoms with Gasteiger partial charge in [0.05, 0.1) is 12.8 Å². The van der Waals surface area contributed by atoms with Crippen LogP contribution in [0.3, 0.4) is 0 Å². The van der Waals surface area contributed by atoms with Crippen molar-refractivity contribution in [2.75, 3.05) is 18.2 Å². The summed E-state index contributed by atoms with van der Waals surface area (Å²) in [5, 5.41) is 11.4. The van der Waals surface area contributed by atoms with Gasteiger partial charge in [0.15, 0.2) is 0 Å². The third-order valence-electron chi connectivity index (χ3n) is 2.80. The minimum absolute atomic E-state index is 0.101. The standard InChI is InChI=1S/C15H12FN3O2/c1-21-11-6-9(5-10(18)7-11)15(20)19-14-4-2-3-13(16)12(14)8-17/h2-7H,18H2,1H3,(H,19,20). The van der Waals surface area contributed by atoms with Crippen LogP contribution in [0.25, 0.3) is 0 Å². The number of hydrogen-bond acceptors (Lipinski definition) is 4. The maximum atomic E-state index is 13.5. The van der Waals surface area contributed by atoms with Gasteiger partial charge in [0, 0.05) is 17.3 Å². The molecule has 0 heterocycles. The van der Waals surface area contributed by atoms with Gasteiger partial charge in [-0.3, -0.25) is 4.79 Å². The number of nitrogen functional groups attached to an aromatic ring is 1. The number of ether oxygens (including phenoxy) is 1. The molecule has 106 valence electrons. The zero-order valence-corrected chi connectivity index (χ0v) is 11.2. The molecule has 0 saturated carbocycles. The summed E-state index contributed by atoms with van der Waals surface area (Å²) < 4.78 is 18.5. The fraction of sp³-hybridized carbons (Fsp3) is 0.0667. The van der Waals surface area contributed by atoms with Gasteiger partial charge in [0.25, 0.3) is 5.91 Å². The highest BCUT2D eigenvalue weighted by atomic mass is 19.1. The van der Waals surface area contributed by atoms with E-state index in [0.29, 0.717) is 11.4 Å². The first kappa shape index (κ1) is 14.3. The number of amides is 1. The average molecular weight is 285 g/mol. The first-order valence-corrected chi connectivity index (χ1v) is 5.99. The minimum Gasteiger partial charge on any atom is -0.497 e. The van der Waals surface area contributed by atoms with Crippen molar-refractivity contribution in [1.82, 2.24) is 0 Å². The van der Waals surface area contributed by atoms with Gasteiger partial charge in [-0.15, -0.1) is 0 Å². The number of anilines is 2. The fourth-order valence-corrected chi connectivity index (χ4v) is 1.81. The molecule has 21 heavy (non-hydrogen) atoms. The minimum atomic E-state index is -0.694. The summed E-state index contributed by atoms with van der Waals surface area (Å²) in [5.74, 6) is -0.775. The van der Waals surface area contributed by atoms with Gasteiger partial charge in [-0.05, 0) is 24.3 Å². The number of rotatable bonds is 3. The van der Waals surface area contributed by atoms with Crippen molar-refractivity contribution in [3.63, 3.8) is 0 Å². The van der Waals surface area contributed by atoms with Gasteiger partial charge in [-0.1, -0.05) is 6.07 Å². The molecule has 0 saturated heterocycles. The van der Waals surface area contributed by atoms with Crippen LogP contribution in [0.1, 0.15) is 15.9 Å². The van der Waals surface area contributed by atoms with Crippen LogP contribution < -0.4 is 15.8 Å². The van der Waals surface area contributed by atoms with Crippen molar-refractivity contribution < 1.29 is 13.9 Å². The van der Waals surface area contributed by atoms with E-state index in [9.17, 15) is 9.18 Å². The smallest absolute Gasteiger partial charge is 0.255 e. The molecule has 0 aromatic heterocycles. The Hall–Kier alpha value is -3.07. The predicted octanol–water partition coefficient (Wildman–Crippen LogP) is 2.54. The zero-order chi connectivity index (χ0) is 15.4. The van der Waals surface area contributed by atoms with Crippen LogP contribution in [-0.4, -0.2) is 13.0 Å². The molecule has 0 unspecified atom stereocenters.